The van der Waals surface area contributed by atoms with E-state index in [2.05, 4.69) is 36.9 Å². The molecule has 1 unspecified atom stereocenters. The van der Waals surface area contributed by atoms with Crippen LogP contribution in [0, 0.1) is 12.3 Å². The lowest BCUT2D eigenvalue weighted by Gasteiger charge is -2.44. The van der Waals surface area contributed by atoms with E-state index < -0.39 is 0 Å². The third-order valence-electron chi connectivity index (χ3n) is 3.45. The molecule has 0 spiro atoms. The normalized spacial score (nSPS) is 20.9. The molecule has 15 heavy (non-hydrogen) atoms. The van der Waals surface area contributed by atoms with Crippen molar-refractivity contribution in [1.82, 2.24) is 10.2 Å². The summed E-state index contributed by atoms with van der Waals surface area (Å²) >= 11 is 0. The van der Waals surface area contributed by atoms with Crippen molar-refractivity contribution in [3.05, 3.63) is 0 Å². The molecule has 1 N–H and O–H groups in total. The van der Waals surface area contributed by atoms with Gasteiger partial charge in [0.05, 0.1) is 6.04 Å². The van der Waals surface area contributed by atoms with Gasteiger partial charge in [-0.2, -0.15) is 0 Å². The molecule has 1 aliphatic heterocycles. The summed E-state index contributed by atoms with van der Waals surface area (Å²) in [6.45, 7) is 9.94. The number of nitrogens with zero attached hydrogens (tertiary/aromatic N) is 1. The van der Waals surface area contributed by atoms with Crippen LogP contribution in [0.1, 0.15) is 40.0 Å². The Morgan fingerprint density at radius 2 is 1.93 bits per heavy atom. The van der Waals surface area contributed by atoms with Crippen LogP contribution in [0.5, 0.6) is 0 Å². The first-order valence-corrected chi connectivity index (χ1v) is 6.07. The number of hydrogen-bond acceptors (Lipinski definition) is 2. The molecule has 0 saturated carbocycles. The zero-order valence-corrected chi connectivity index (χ0v) is 10.3. The topological polar surface area (TPSA) is 15.3 Å². The largest absolute Gasteiger partial charge is 0.302 e. The van der Waals surface area contributed by atoms with Crippen molar-refractivity contribution < 1.29 is 0 Å². The second-order valence-corrected chi connectivity index (χ2v) is 4.86. The molecule has 0 aromatic carbocycles. The highest BCUT2D eigenvalue weighted by Gasteiger charge is 2.34. The van der Waals surface area contributed by atoms with Crippen LogP contribution in [0.3, 0.4) is 0 Å². The standard InChI is InChI=1S/C13H24N2/c1-5-12(14-6-2)13(3,4)15-10-8-7-9-11-15/h1,12,14H,6-11H2,2-4H3. The van der Waals surface area contributed by atoms with E-state index in [0.29, 0.717) is 0 Å². The van der Waals surface area contributed by atoms with Crippen molar-refractivity contribution in [1.29, 1.82) is 0 Å². The van der Waals surface area contributed by atoms with E-state index in [1.807, 2.05) is 0 Å². The van der Waals surface area contributed by atoms with E-state index in [9.17, 15) is 0 Å². The van der Waals surface area contributed by atoms with Crippen molar-refractivity contribution in [3.63, 3.8) is 0 Å². The molecular weight excluding hydrogens is 184 g/mol. The van der Waals surface area contributed by atoms with Crippen molar-refractivity contribution in [2.75, 3.05) is 19.6 Å². The minimum atomic E-state index is 0.0746. The molecule has 0 aromatic rings. The minimum Gasteiger partial charge on any atom is -0.302 e. The summed E-state index contributed by atoms with van der Waals surface area (Å²) in [4.78, 5) is 2.53. The van der Waals surface area contributed by atoms with Gasteiger partial charge in [0.15, 0.2) is 0 Å². The molecule has 2 nitrogen and oxygen atoms in total. The smallest absolute Gasteiger partial charge is 0.0867 e. The highest BCUT2D eigenvalue weighted by Crippen LogP contribution is 2.23. The van der Waals surface area contributed by atoms with Gasteiger partial charge in [-0.05, 0) is 46.3 Å². The zero-order valence-electron chi connectivity index (χ0n) is 10.3. The Balaban J connectivity index is 2.65. The zero-order chi connectivity index (χ0) is 11.3. The molecule has 1 aliphatic rings. The number of likely N-dealkylation sites (N-methyl/N-ethyl adjacent to an activating group) is 1. The highest BCUT2D eigenvalue weighted by molar-refractivity contribution is 5.10. The lowest BCUT2D eigenvalue weighted by atomic mass is 9.90. The molecular formula is C13H24N2. The molecule has 1 saturated heterocycles. The van der Waals surface area contributed by atoms with Crippen molar-refractivity contribution in [2.24, 2.45) is 0 Å². The summed E-state index contributed by atoms with van der Waals surface area (Å²) in [7, 11) is 0. The first kappa shape index (κ1) is 12.5. The second-order valence-electron chi connectivity index (χ2n) is 4.86. The van der Waals surface area contributed by atoms with Crippen LogP contribution in [-0.4, -0.2) is 36.1 Å². The average molecular weight is 208 g/mol. The van der Waals surface area contributed by atoms with E-state index >= 15 is 0 Å². The van der Waals surface area contributed by atoms with Crippen LogP contribution in [0.25, 0.3) is 0 Å². The predicted octanol–water partition coefficient (Wildman–Crippen LogP) is 1.86. The first-order valence-electron chi connectivity index (χ1n) is 6.07. The molecule has 0 radical (unpaired) electrons. The van der Waals surface area contributed by atoms with E-state index in [4.69, 9.17) is 6.42 Å². The fourth-order valence-corrected chi connectivity index (χ4v) is 2.37. The summed E-state index contributed by atoms with van der Waals surface area (Å²) in [6.07, 6.45) is 9.61. The maximum Gasteiger partial charge on any atom is 0.0867 e. The minimum absolute atomic E-state index is 0.0746. The number of rotatable bonds is 4. The fraction of sp³-hybridized carbons (Fsp3) is 0.846. The van der Waals surface area contributed by atoms with E-state index in [1.165, 1.54) is 32.4 Å². The number of likely N-dealkylation sites (tertiary alicyclic amines) is 1. The fourth-order valence-electron chi connectivity index (χ4n) is 2.37. The molecule has 0 aliphatic carbocycles. The number of hydrogen-bond donors (Lipinski definition) is 1. The van der Waals surface area contributed by atoms with Crippen molar-refractivity contribution >= 4 is 0 Å². The Kier molecular flexibility index (Phi) is 4.63. The quantitative estimate of drug-likeness (QED) is 0.710. The molecule has 2 heteroatoms. The lowest BCUT2D eigenvalue weighted by molar-refractivity contribution is 0.0779. The first-order chi connectivity index (χ1) is 7.12. The van der Waals surface area contributed by atoms with Crippen LogP contribution in [0.15, 0.2) is 0 Å². The van der Waals surface area contributed by atoms with Crippen LogP contribution in [-0.2, 0) is 0 Å². The Bertz CT molecular complexity index is 221. The maximum absolute atomic E-state index is 5.61. The highest BCUT2D eigenvalue weighted by atomic mass is 15.2. The molecule has 0 bridgehead atoms. The molecule has 86 valence electrons. The second kappa shape index (κ2) is 5.53. The number of piperidine rings is 1. The van der Waals surface area contributed by atoms with Gasteiger partial charge >= 0.3 is 0 Å². The van der Waals surface area contributed by atoms with Gasteiger partial charge in [-0.3, -0.25) is 4.90 Å². The van der Waals surface area contributed by atoms with Crippen LogP contribution >= 0.6 is 0 Å². The third-order valence-corrected chi connectivity index (χ3v) is 3.45. The summed E-state index contributed by atoms with van der Waals surface area (Å²) in [5, 5.41) is 3.39. The molecule has 1 atom stereocenters. The van der Waals surface area contributed by atoms with E-state index in [0.717, 1.165) is 6.54 Å². The Labute approximate surface area is 94.4 Å². The Morgan fingerprint density at radius 3 is 2.40 bits per heavy atom. The van der Waals surface area contributed by atoms with Gasteiger partial charge in [0.25, 0.3) is 0 Å². The van der Waals surface area contributed by atoms with Crippen LogP contribution < -0.4 is 5.32 Å². The molecule has 0 amide bonds. The Hall–Kier alpha value is -0.520. The molecule has 0 aromatic heterocycles. The van der Waals surface area contributed by atoms with Crippen LogP contribution in [0.4, 0.5) is 0 Å². The van der Waals surface area contributed by atoms with Crippen molar-refractivity contribution in [3.8, 4) is 12.3 Å². The lowest BCUT2D eigenvalue weighted by Crippen LogP contribution is -2.58. The van der Waals surface area contributed by atoms with Gasteiger partial charge in [0, 0.05) is 5.54 Å². The summed E-state index contributed by atoms with van der Waals surface area (Å²) in [6, 6.07) is 0.153. The summed E-state index contributed by atoms with van der Waals surface area (Å²) in [5.41, 5.74) is 0.0746. The monoisotopic (exact) mass is 208 g/mol. The van der Waals surface area contributed by atoms with E-state index in [1.54, 1.807) is 0 Å². The maximum atomic E-state index is 5.61. The molecule has 1 fully saturated rings. The van der Waals surface area contributed by atoms with Gasteiger partial charge in [0.1, 0.15) is 0 Å². The van der Waals surface area contributed by atoms with Crippen molar-refractivity contribution in [2.45, 2.75) is 51.6 Å². The van der Waals surface area contributed by atoms with Gasteiger partial charge in [-0.15, -0.1) is 6.42 Å². The summed E-state index contributed by atoms with van der Waals surface area (Å²) < 4.78 is 0. The average Bonchev–Trinajstić information content (AvgIpc) is 2.27. The number of nitrogens with one attached hydrogen (secondary N) is 1. The van der Waals surface area contributed by atoms with E-state index in [-0.39, 0.29) is 11.6 Å². The summed E-state index contributed by atoms with van der Waals surface area (Å²) in [5.74, 6) is 2.89. The predicted molar refractivity (Wildman–Crippen MR) is 65.8 cm³/mol. The third kappa shape index (κ3) is 2.96. The number of terminal acetylenes is 1. The molecule has 1 heterocycles. The van der Waals surface area contributed by atoms with Gasteiger partial charge < -0.3 is 5.32 Å². The van der Waals surface area contributed by atoms with Crippen LogP contribution in [0.2, 0.25) is 0 Å². The van der Waals surface area contributed by atoms with Gasteiger partial charge in [-0.1, -0.05) is 19.3 Å². The van der Waals surface area contributed by atoms with Gasteiger partial charge in [0.2, 0.25) is 0 Å². The Morgan fingerprint density at radius 1 is 1.33 bits per heavy atom. The van der Waals surface area contributed by atoms with Gasteiger partial charge in [-0.25, -0.2) is 0 Å². The SMILES string of the molecule is C#CC(NCC)C(C)(C)N1CCCCC1. The molecule has 1 rings (SSSR count).